The number of hydrogen-bond donors (Lipinski definition) is 2. The lowest BCUT2D eigenvalue weighted by atomic mass is 9.91. The Hall–Kier alpha value is -1.46. The summed E-state index contributed by atoms with van der Waals surface area (Å²) in [6.07, 6.45) is -4.63. The van der Waals surface area contributed by atoms with E-state index in [2.05, 4.69) is 60.7 Å². The summed E-state index contributed by atoms with van der Waals surface area (Å²) in [6.45, 7) is 17.0. The molecular weight excluding hydrogens is 595 g/mol. The number of nitrogens with one attached hydrogen (secondary N) is 1. The van der Waals surface area contributed by atoms with Crippen LogP contribution in [0.2, 0.25) is 22.2 Å². The van der Waals surface area contributed by atoms with Crippen LogP contribution in [0.5, 0.6) is 0 Å². The van der Waals surface area contributed by atoms with E-state index in [9.17, 15) is 14.7 Å². The number of rotatable bonds is 9. The number of hydrogen-bond acceptors (Lipinski definition) is 10. The fourth-order valence-corrected chi connectivity index (χ4v) is 18.9. The van der Waals surface area contributed by atoms with Crippen molar-refractivity contribution in [3.05, 3.63) is 30.3 Å². The zero-order chi connectivity index (χ0) is 31.0. The van der Waals surface area contributed by atoms with Gasteiger partial charge in [0.25, 0.3) is 0 Å². The van der Waals surface area contributed by atoms with Crippen molar-refractivity contribution in [2.24, 2.45) is 0 Å². The van der Waals surface area contributed by atoms with E-state index in [4.69, 9.17) is 27.2 Å². The molecule has 0 radical (unpaired) electrons. The molecule has 2 N–H and O–H groups in total. The second-order valence-corrected chi connectivity index (χ2v) is 22.9. The van der Waals surface area contributed by atoms with Crippen molar-refractivity contribution in [1.82, 2.24) is 5.32 Å². The maximum Gasteiger partial charge on any atom is 0.407 e. The van der Waals surface area contributed by atoms with Crippen molar-refractivity contribution in [3.63, 3.8) is 0 Å². The summed E-state index contributed by atoms with van der Waals surface area (Å²) >= 11 is 1.19. The lowest BCUT2D eigenvalue weighted by Crippen LogP contribution is -2.64. The third kappa shape index (κ3) is 6.08. The average Bonchev–Trinajstić information content (AvgIpc) is 3.19. The van der Waals surface area contributed by atoms with Gasteiger partial charge in [-0.05, 0) is 34.3 Å². The Balaban J connectivity index is 1.76. The molecule has 1 aromatic rings. The van der Waals surface area contributed by atoms with Crippen LogP contribution in [0.25, 0.3) is 0 Å². The molecule has 4 rings (SSSR count). The highest BCUT2D eigenvalue weighted by Gasteiger charge is 2.63. The Bertz CT molecular complexity index is 1090. The molecule has 10 nitrogen and oxygen atoms in total. The molecule has 3 saturated heterocycles. The molecule has 0 saturated carbocycles. The van der Waals surface area contributed by atoms with Gasteiger partial charge in [-0.25, -0.2) is 9.59 Å². The van der Waals surface area contributed by atoms with Crippen LogP contribution in [0, 0.1) is 0 Å². The van der Waals surface area contributed by atoms with Gasteiger partial charge in [0.15, 0.2) is 6.10 Å². The lowest BCUT2D eigenvalue weighted by Gasteiger charge is -2.47. The van der Waals surface area contributed by atoms with E-state index in [1.165, 1.54) is 18.9 Å². The van der Waals surface area contributed by atoms with E-state index in [1.54, 1.807) is 0 Å². The first kappa shape index (κ1) is 33.4. The molecule has 3 aliphatic heterocycles. The van der Waals surface area contributed by atoms with Crippen LogP contribution in [-0.2, 0) is 32.0 Å². The summed E-state index contributed by atoms with van der Waals surface area (Å²) < 4.78 is 38.3. The van der Waals surface area contributed by atoms with E-state index in [0.29, 0.717) is 0 Å². The third-order valence-corrected chi connectivity index (χ3v) is 20.2. The topological polar surface area (TPSA) is 122 Å². The highest BCUT2D eigenvalue weighted by Crippen LogP contribution is 2.49. The number of amides is 1. The number of benzene rings is 1. The van der Waals surface area contributed by atoms with Gasteiger partial charge >= 0.3 is 29.2 Å². The molecule has 0 unspecified atom stereocenters. The van der Waals surface area contributed by atoms with E-state index in [1.807, 2.05) is 30.3 Å². The summed E-state index contributed by atoms with van der Waals surface area (Å²) in [7, 11) is -4.53. The number of carbonyl (C=O) groups excluding carboxylic acids is 2. The van der Waals surface area contributed by atoms with Crippen LogP contribution < -0.4 is 5.32 Å². The highest BCUT2D eigenvalue weighted by atomic mass is 32.2. The Labute approximate surface area is 256 Å². The van der Waals surface area contributed by atoms with Crippen LogP contribution in [0.3, 0.4) is 0 Å². The summed E-state index contributed by atoms with van der Waals surface area (Å²) in [6, 6.07) is 8.75. The first-order valence-corrected chi connectivity index (χ1v) is 19.6. The predicted molar refractivity (Wildman–Crippen MR) is 164 cm³/mol. The Morgan fingerprint density at radius 1 is 1.02 bits per heavy atom. The van der Waals surface area contributed by atoms with Crippen LogP contribution in [-0.4, -0.2) is 83.4 Å². The maximum atomic E-state index is 13.4. The van der Waals surface area contributed by atoms with Gasteiger partial charge in [-0.3, -0.25) is 0 Å². The van der Waals surface area contributed by atoms with Gasteiger partial charge in [0.1, 0.15) is 12.2 Å². The number of aliphatic hydroxyl groups excluding tert-OH is 1. The van der Waals surface area contributed by atoms with E-state index in [-0.39, 0.29) is 35.2 Å². The standard InChI is InChI=1S/C29H47NO9SSi2/c1-17(2)41(18(3)4)35-16-23(38-42(39-41,19(5)6)20(7)8)24(31)26-25-22(30-28(33)36-25)15-29(37-26,27(32)34-9)40-21-13-11-10-12-14-21/h10-14,17-20,22-26,31H,15-16H2,1-9H3,(H,30,33)/t22-,23+,24+,25+,26-,29-/m0/s1. The molecule has 3 heterocycles. The fourth-order valence-electron chi connectivity index (χ4n) is 6.47. The van der Waals surface area contributed by atoms with Gasteiger partial charge in [-0.15, -0.1) is 0 Å². The van der Waals surface area contributed by atoms with Gasteiger partial charge in [0.2, 0.25) is 4.93 Å². The number of aliphatic hydroxyl groups is 1. The molecule has 13 heteroatoms. The fraction of sp³-hybridized carbons (Fsp3) is 0.724. The Morgan fingerprint density at radius 2 is 1.62 bits per heavy atom. The van der Waals surface area contributed by atoms with Crippen molar-refractivity contribution in [2.75, 3.05) is 13.7 Å². The molecule has 42 heavy (non-hydrogen) atoms. The predicted octanol–water partition coefficient (Wildman–Crippen LogP) is 5.23. The molecule has 0 bridgehead atoms. The molecule has 3 aliphatic rings. The molecule has 1 aromatic carbocycles. The van der Waals surface area contributed by atoms with Crippen molar-refractivity contribution in [2.45, 2.75) is 124 Å². The Morgan fingerprint density at radius 3 is 2.17 bits per heavy atom. The van der Waals surface area contributed by atoms with Crippen molar-refractivity contribution in [1.29, 1.82) is 0 Å². The summed E-state index contributed by atoms with van der Waals surface area (Å²) in [5.41, 5.74) is 0.413. The number of ether oxygens (including phenoxy) is 3. The van der Waals surface area contributed by atoms with Crippen LogP contribution in [0.1, 0.15) is 61.8 Å². The minimum absolute atomic E-state index is 0.0621. The summed E-state index contributed by atoms with van der Waals surface area (Å²) in [4.78, 5) is 25.1. The molecular formula is C29H47NO9SSi2. The maximum absolute atomic E-state index is 13.4. The number of esters is 1. The molecule has 6 atom stereocenters. The van der Waals surface area contributed by atoms with E-state index >= 15 is 0 Å². The Kier molecular flexibility index (Phi) is 10.3. The molecule has 0 spiro atoms. The largest absolute Gasteiger partial charge is 0.466 e. The third-order valence-electron chi connectivity index (χ3n) is 8.67. The normalized spacial score (nSPS) is 31.4. The highest BCUT2D eigenvalue weighted by molar-refractivity contribution is 8.01. The van der Waals surface area contributed by atoms with Crippen molar-refractivity contribution >= 4 is 40.9 Å². The molecule has 236 valence electrons. The summed E-state index contributed by atoms with van der Waals surface area (Å²) in [5, 5.41) is 14.9. The monoisotopic (exact) mass is 641 g/mol. The number of carbonyl (C=O) groups is 2. The van der Waals surface area contributed by atoms with Gasteiger partial charge in [-0.2, -0.15) is 0 Å². The summed E-state index contributed by atoms with van der Waals surface area (Å²) in [5.74, 6) is -0.617. The number of thioether (sulfide) groups is 1. The second kappa shape index (κ2) is 12.9. The van der Waals surface area contributed by atoms with Gasteiger partial charge in [0.05, 0.1) is 25.9 Å². The number of methoxy groups -OCH3 is 1. The minimum atomic E-state index is -3.01. The van der Waals surface area contributed by atoms with Crippen LogP contribution >= 0.6 is 11.8 Å². The second-order valence-electron chi connectivity index (χ2n) is 12.7. The van der Waals surface area contributed by atoms with Gasteiger partial charge in [0, 0.05) is 11.3 Å². The first-order chi connectivity index (χ1) is 19.7. The SMILES string of the molecule is COC(=O)[C@@]1(Sc2ccccc2)C[C@@H]2NC(=O)O[C@H]2[C@H]([C@H](O)[C@H]2CO[Si](C(C)C)(C(C)C)O[Si](C(C)C)(C(C)C)O2)O1. The molecule has 0 aliphatic carbocycles. The first-order valence-electron chi connectivity index (χ1n) is 14.9. The van der Waals surface area contributed by atoms with E-state index < -0.39 is 64.6 Å². The molecule has 3 fully saturated rings. The van der Waals surface area contributed by atoms with Crippen LogP contribution in [0.15, 0.2) is 35.2 Å². The van der Waals surface area contributed by atoms with Gasteiger partial charge in [-0.1, -0.05) is 85.4 Å². The molecule has 1 amide bonds. The zero-order valence-electron chi connectivity index (χ0n) is 26.1. The average molecular weight is 642 g/mol. The van der Waals surface area contributed by atoms with Crippen LogP contribution in [0.4, 0.5) is 4.79 Å². The van der Waals surface area contributed by atoms with Crippen molar-refractivity contribution in [3.8, 4) is 0 Å². The smallest absolute Gasteiger partial charge is 0.407 e. The molecule has 0 aromatic heterocycles. The number of fused-ring (bicyclic) bond motifs is 1. The van der Waals surface area contributed by atoms with Crippen molar-refractivity contribution < 1.29 is 41.9 Å². The quantitative estimate of drug-likeness (QED) is 0.274. The zero-order valence-corrected chi connectivity index (χ0v) is 28.9. The van der Waals surface area contributed by atoms with E-state index in [0.717, 1.165) is 4.90 Å². The minimum Gasteiger partial charge on any atom is -0.466 e. The lowest BCUT2D eigenvalue weighted by molar-refractivity contribution is -0.205. The van der Waals surface area contributed by atoms with Gasteiger partial charge < -0.3 is 37.6 Å². The number of alkyl carbamates (subject to hydrolysis) is 1.